The van der Waals surface area contributed by atoms with Crippen molar-refractivity contribution in [1.29, 1.82) is 0 Å². The van der Waals surface area contributed by atoms with Gasteiger partial charge in [-0.25, -0.2) is 4.79 Å². The van der Waals surface area contributed by atoms with E-state index >= 15 is 0 Å². The fourth-order valence-electron chi connectivity index (χ4n) is 4.30. The summed E-state index contributed by atoms with van der Waals surface area (Å²) >= 11 is 0. The number of esters is 1. The Morgan fingerprint density at radius 3 is 2.44 bits per heavy atom. The smallest absolute Gasteiger partial charge is 0.338 e. The summed E-state index contributed by atoms with van der Waals surface area (Å²) in [6.45, 7) is 6.24. The summed E-state index contributed by atoms with van der Waals surface area (Å²) in [5.74, 6) is -1.64. The molecule has 0 saturated carbocycles. The van der Waals surface area contributed by atoms with Gasteiger partial charge in [0.1, 0.15) is 0 Å². The molecule has 2 atom stereocenters. The zero-order chi connectivity index (χ0) is 24.4. The molecule has 1 N–H and O–H groups in total. The number of imide groups is 1. The number of fused-ring (bicyclic) bond motifs is 1. The van der Waals surface area contributed by atoms with Crippen LogP contribution in [0.2, 0.25) is 0 Å². The Morgan fingerprint density at radius 1 is 1.03 bits per heavy atom. The molecule has 2 aromatic carbocycles. The summed E-state index contributed by atoms with van der Waals surface area (Å²) in [5, 5.41) is 2.78. The van der Waals surface area contributed by atoms with Crippen LogP contribution in [0, 0.1) is 17.8 Å². The van der Waals surface area contributed by atoms with Crippen LogP contribution in [0.4, 0.5) is 11.4 Å². The van der Waals surface area contributed by atoms with Gasteiger partial charge in [0.2, 0.25) is 11.8 Å². The first-order valence-electron chi connectivity index (χ1n) is 11.5. The second-order valence-electron chi connectivity index (χ2n) is 9.29. The van der Waals surface area contributed by atoms with Crippen LogP contribution in [0.15, 0.2) is 60.2 Å². The summed E-state index contributed by atoms with van der Waals surface area (Å²) in [4.78, 5) is 52.0. The predicted molar refractivity (Wildman–Crippen MR) is 128 cm³/mol. The fraction of sp³-hybridized carbons (Fsp3) is 0.333. The van der Waals surface area contributed by atoms with Crippen molar-refractivity contribution in [2.24, 2.45) is 17.8 Å². The molecule has 34 heavy (non-hydrogen) atoms. The number of ether oxygens (including phenoxy) is 1. The molecular formula is C27H28N2O5. The Bertz CT molecular complexity index is 1170. The average molecular weight is 461 g/mol. The average Bonchev–Trinajstić information content (AvgIpc) is 3.07. The van der Waals surface area contributed by atoms with Crippen LogP contribution in [0.25, 0.3) is 0 Å². The lowest BCUT2D eigenvalue weighted by Gasteiger charge is -2.18. The third-order valence-electron chi connectivity index (χ3n) is 6.12. The van der Waals surface area contributed by atoms with E-state index in [1.807, 2.05) is 26.8 Å². The molecular weight excluding hydrogens is 432 g/mol. The molecule has 0 radical (unpaired) electrons. The van der Waals surface area contributed by atoms with E-state index in [9.17, 15) is 19.2 Å². The molecule has 0 spiro atoms. The molecule has 3 amide bonds. The summed E-state index contributed by atoms with van der Waals surface area (Å²) < 4.78 is 5.21. The van der Waals surface area contributed by atoms with Crippen molar-refractivity contribution in [2.45, 2.75) is 33.6 Å². The summed E-state index contributed by atoms with van der Waals surface area (Å²) in [6, 6.07) is 12.9. The van der Waals surface area contributed by atoms with E-state index in [1.54, 1.807) is 48.5 Å². The predicted octanol–water partition coefficient (Wildman–Crippen LogP) is 4.60. The maximum atomic E-state index is 13.0. The van der Waals surface area contributed by atoms with Crippen LogP contribution >= 0.6 is 0 Å². The Labute approximate surface area is 198 Å². The third kappa shape index (κ3) is 4.78. The van der Waals surface area contributed by atoms with E-state index in [0.717, 1.165) is 5.57 Å². The van der Waals surface area contributed by atoms with Gasteiger partial charge in [-0.15, -0.1) is 0 Å². The molecule has 0 bridgehead atoms. The number of hydrogen-bond acceptors (Lipinski definition) is 5. The standard InChI is InChI=1S/C27H28N2O5/c1-16(2)15-34-27(33)18-8-10-20(11-9-18)28-24(30)19-5-4-6-21(14-19)29-25(31)22-12-7-17(3)13-23(22)26(29)32/h4-11,14,16,22-23H,12-13,15H2,1-3H3,(H,28,30)/t22-,23+/m1/s1. The second kappa shape index (κ2) is 9.63. The molecule has 2 aliphatic rings. The van der Waals surface area contributed by atoms with E-state index < -0.39 is 5.97 Å². The van der Waals surface area contributed by atoms with Gasteiger partial charge in [0, 0.05) is 11.3 Å². The van der Waals surface area contributed by atoms with Crippen molar-refractivity contribution in [3.63, 3.8) is 0 Å². The van der Waals surface area contributed by atoms with Gasteiger partial charge in [0.15, 0.2) is 0 Å². The van der Waals surface area contributed by atoms with Gasteiger partial charge in [-0.2, -0.15) is 0 Å². The largest absolute Gasteiger partial charge is 0.462 e. The number of benzene rings is 2. The highest BCUT2D eigenvalue weighted by Crippen LogP contribution is 2.39. The topological polar surface area (TPSA) is 92.8 Å². The molecule has 1 fully saturated rings. The van der Waals surface area contributed by atoms with Crippen LogP contribution in [0.5, 0.6) is 0 Å². The number of nitrogens with one attached hydrogen (secondary N) is 1. The molecule has 0 aromatic heterocycles. The highest BCUT2D eigenvalue weighted by molar-refractivity contribution is 6.22. The van der Waals surface area contributed by atoms with Crippen LogP contribution < -0.4 is 10.2 Å². The molecule has 176 valence electrons. The van der Waals surface area contributed by atoms with Gasteiger partial charge in [0.05, 0.1) is 29.7 Å². The molecule has 2 aromatic rings. The van der Waals surface area contributed by atoms with Crippen LogP contribution in [-0.4, -0.2) is 30.3 Å². The maximum Gasteiger partial charge on any atom is 0.338 e. The number of amides is 3. The van der Waals surface area contributed by atoms with E-state index in [2.05, 4.69) is 5.32 Å². The summed E-state index contributed by atoms with van der Waals surface area (Å²) in [5.41, 5.74) is 2.76. The summed E-state index contributed by atoms with van der Waals surface area (Å²) in [7, 11) is 0. The highest BCUT2D eigenvalue weighted by atomic mass is 16.5. The van der Waals surface area contributed by atoms with Gasteiger partial charge in [0.25, 0.3) is 5.91 Å². The van der Waals surface area contributed by atoms with Crippen LogP contribution in [-0.2, 0) is 14.3 Å². The molecule has 1 aliphatic carbocycles. The number of anilines is 2. The lowest BCUT2D eigenvalue weighted by molar-refractivity contribution is -0.122. The van der Waals surface area contributed by atoms with Gasteiger partial charge in [-0.3, -0.25) is 19.3 Å². The zero-order valence-electron chi connectivity index (χ0n) is 19.5. The minimum Gasteiger partial charge on any atom is -0.462 e. The van der Waals surface area contributed by atoms with E-state index in [0.29, 0.717) is 42.0 Å². The molecule has 4 rings (SSSR count). The second-order valence-corrected chi connectivity index (χ2v) is 9.29. The molecule has 7 nitrogen and oxygen atoms in total. The van der Waals surface area contributed by atoms with E-state index in [1.165, 1.54) is 4.90 Å². The number of carbonyl (C=O) groups is 4. The Kier molecular flexibility index (Phi) is 6.63. The zero-order valence-corrected chi connectivity index (χ0v) is 19.5. The van der Waals surface area contributed by atoms with Gasteiger partial charge in [-0.05, 0) is 68.1 Å². The number of carbonyl (C=O) groups excluding carboxylic acids is 4. The lowest BCUT2D eigenvalue weighted by Crippen LogP contribution is -2.31. The fourth-order valence-corrected chi connectivity index (χ4v) is 4.30. The van der Waals surface area contributed by atoms with Crippen LogP contribution in [0.1, 0.15) is 54.3 Å². The monoisotopic (exact) mass is 460 g/mol. The number of allylic oxidation sites excluding steroid dienone is 2. The van der Waals surface area contributed by atoms with Gasteiger partial charge >= 0.3 is 5.97 Å². The van der Waals surface area contributed by atoms with Crippen molar-refractivity contribution in [3.8, 4) is 0 Å². The minimum atomic E-state index is -0.412. The Hall–Kier alpha value is -3.74. The maximum absolute atomic E-state index is 13.0. The number of nitrogens with zero attached hydrogens (tertiary/aromatic N) is 1. The number of hydrogen-bond donors (Lipinski definition) is 1. The quantitative estimate of drug-likeness (QED) is 0.386. The Balaban J connectivity index is 1.45. The molecule has 1 saturated heterocycles. The van der Waals surface area contributed by atoms with Crippen LogP contribution in [0.3, 0.4) is 0 Å². The van der Waals surface area contributed by atoms with Crippen molar-refractivity contribution < 1.29 is 23.9 Å². The van der Waals surface area contributed by atoms with Crippen molar-refractivity contribution in [1.82, 2.24) is 0 Å². The Morgan fingerprint density at radius 2 is 1.74 bits per heavy atom. The third-order valence-corrected chi connectivity index (χ3v) is 6.12. The molecule has 7 heteroatoms. The van der Waals surface area contributed by atoms with Gasteiger partial charge in [-0.1, -0.05) is 31.6 Å². The highest BCUT2D eigenvalue weighted by Gasteiger charge is 2.48. The van der Waals surface area contributed by atoms with Crippen molar-refractivity contribution in [2.75, 3.05) is 16.8 Å². The molecule has 1 heterocycles. The SMILES string of the molecule is CC1=CC[C@H]2C(=O)N(c3cccc(C(=O)Nc4ccc(C(=O)OCC(C)C)cc4)c3)C(=O)[C@H]2C1. The molecule has 0 unspecified atom stereocenters. The first kappa shape index (κ1) is 23.4. The first-order valence-corrected chi connectivity index (χ1v) is 11.5. The van der Waals surface area contributed by atoms with Gasteiger partial charge < -0.3 is 10.1 Å². The van der Waals surface area contributed by atoms with Crippen molar-refractivity contribution in [3.05, 3.63) is 71.3 Å². The molecule has 1 aliphatic heterocycles. The van der Waals surface area contributed by atoms with Crippen molar-refractivity contribution >= 4 is 35.1 Å². The first-order chi connectivity index (χ1) is 16.2. The summed E-state index contributed by atoms with van der Waals surface area (Å²) in [6.07, 6.45) is 3.18. The van der Waals surface area contributed by atoms with E-state index in [-0.39, 0.29) is 35.5 Å². The number of rotatable bonds is 6. The normalized spacial score (nSPS) is 19.6. The minimum absolute atomic E-state index is 0.208. The lowest BCUT2D eigenvalue weighted by atomic mass is 9.82. The van der Waals surface area contributed by atoms with E-state index in [4.69, 9.17) is 4.74 Å².